The zero-order valence-corrected chi connectivity index (χ0v) is 25.0. The smallest absolute Gasteiger partial charge is 0.263 e. The van der Waals surface area contributed by atoms with Crippen LogP contribution < -0.4 is 10.6 Å². The number of pyridine rings is 1. The first-order valence-electron chi connectivity index (χ1n) is 12.5. The molecule has 0 radical (unpaired) electrons. The summed E-state index contributed by atoms with van der Waals surface area (Å²) >= 11 is 3.52. The maximum atomic E-state index is 12.8. The van der Waals surface area contributed by atoms with Gasteiger partial charge in [0.25, 0.3) is 5.91 Å². The standard InChI is InChI=1S/C27H27IN6O3S2/c1-16-15-31-24-23-18-2-3-21(33-20(18)4-5-22(23)39-25(24)27(35)32-16)19(14-17(29)6-13-38-28)26(30)37-12-9-34-7-10-36-11-8-34/h2-5,14,16,29-31H,7-12,15H2,1H3,(H,32,35)/b19-14-,29-17?,30-26?/t16-/m1/s1. The minimum atomic E-state index is -0.0707. The van der Waals surface area contributed by atoms with E-state index in [0.717, 1.165) is 39.8 Å². The normalized spacial score (nSPS) is 17.9. The van der Waals surface area contributed by atoms with Crippen LogP contribution >= 0.6 is 41.5 Å². The average Bonchev–Trinajstić information content (AvgIpc) is 3.26. The Morgan fingerprint density at radius 2 is 2.15 bits per heavy atom. The lowest BCUT2D eigenvalue weighted by molar-refractivity contribution is 0.0316. The van der Waals surface area contributed by atoms with Gasteiger partial charge in [-0.2, -0.15) is 0 Å². The van der Waals surface area contributed by atoms with Crippen molar-refractivity contribution in [1.82, 2.24) is 15.2 Å². The molecular weight excluding hydrogens is 647 g/mol. The Morgan fingerprint density at radius 3 is 2.95 bits per heavy atom. The number of thiophene rings is 1. The van der Waals surface area contributed by atoms with Crippen LogP contribution in [0.2, 0.25) is 0 Å². The number of nitrogens with one attached hydrogen (secondary N) is 4. The number of hydrogen-bond acceptors (Lipinski definition) is 10. The topological polar surface area (TPSA) is 123 Å². The number of anilines is 1. The molecule has 0 saturated carbocycles. The van der Waals surface area contributed by atoms with Crippen LogP contribution in [-0.2, 0) is 9.47 Å². The van der Waals surface area contributed by atoms with Crippen LogP contribution in [0.4, 0.5) is 5.69 Å². The van der Waals surface area contributed by atoms with Gasteiger partial charge in [0.05, 0.1) is 35.7 Å². The fraction of sp³-hybridized carbons (Fsp3) is 0.333. The molecule has 3 aromatic rings. The van der Waals surface area contributed by atoms with Gasteiger partial charge >= 0.3 is 0 Å². The summed E-state index contributed by atoms with van der Waals surface area (Å²) in [5.41, 5.74) is 2.55. The second-order valence-corrected chi connectivity index (χ2v) is 11.9. The van der Waals surface area contributed by atoms with Gasteiger partial charge in [-0.3, -0.25) is 20.5 Å². The van der Waals surface area contributed by atoms with Crippen molar-refractivity contribution in [3.05, 3.63) is 40.9 Å². The van der Waals surface area contributed by atoms with E-state index < -0.39 is 0 Å². The molecule has 202 valence electrons. The first-order chi connectivity index (χ1) is 18.9. The quantitative estimate of drug-likeness (QED) is 0.129. The maximum Gasteiger partial charge on any atom is 0.263 e. The fourth-order valence-electron chi connectivity index (χ4n) is 4.57. The highest BCUT2D eigenvalue weighted by Crippen LogP contribution is 2.41. The summed E-state index contributed by atoms with van der Waals surface area (Å²) in [7, 11) is 1.30. The molecule has 5 rings (SSSR count). The Balaban J connectivity index is 1.48. The Hall–Kier alpha value is -2.70. The Bertz CT molecular complexity index is 1540. The summed E-state index contributed by atoms with van der Waals surface area (Å²) in [6.07, 6.45) is 1.54. The van der Waals surface area contributed by atoms with E-state index >= 15 is 0 Å². The van der Waals surface area contributed by atoms with Crippen LogP contribution in [-0.4, -0.2) is 79.4 Å². The largest absolute Gasteiger partial charge is 0.476 e. The number of rotatable bonds is 6. The first kappa shape index (κ1) is 27.9. The number of hydrogen-bond donors (Lipinski definition) is 4. The molecule has 1 aromatic carbocycles. The predicted molar refractivity (Wildman–Crippen MR) is 169 cm³/mol. The van der Waals surface area contributed by atoms with Gasteiger partial charge in [-0.05, 0) is 57.4 Å². The zero-order valence-electron chi connectivity index (χ0n) is 21.2. The van der Waals surface area contributed by atoms with E-state index in [1.54, 1.807) is 0 Å². The molecule has 12 heteroatoms. The van der Waals surface area contributed by atoms with Crippen LogP contribution in [0, 0.1) is 22.0 Å². The van der Waals surface area contributed by atoms with Crippen LogP contribution in [0.25, 0.3) is 26.6 Å². The fourth-order valence-corrected chi connectivity index (χ4v) is 6.14. The minimum absolute atomic E-state index is 0.0258. The number of nitrogens with zero attached hydrogens (tertiary/aromatic N) is 2. The molecule has 1 saturated heterocycles. The van der Waals surface area contributed by atoms with Crippen molar-refractivity contribution in [3.8, 4) is 11.2 Å². The highest BCUT2D eigenvalue weighted by molar-refractivity contribution is 14.2. The summed E-state index contributed by atoms with van der Waals surface area (Å²) < 4.78 is 12.2. The molecule has 2 aliphatic heterocycles. The summed E-state index contributed by atoms with van der Waals surface area (Å²) in [6, 6.07) is 7.73. The van der Waals surface area contributed by atoms with Gasteiger partial charge in [-0.25, -0.2) is 4.98 Å². The molecule has 1 amide bonds. The molecular formula is C27H27IN6O3S2. The van der Waals surface area contributed by atoms with E-state index in [0.29, 0.717) is 49.1 Å². The summed E-state index contributed by atoms with van der Waals surface area (Å²) in [5.74, 6) is 2.64. The number of benzene rings is 1. The molecule has 4 heterocycles. The number of ether oxygens (including phenoxy) is 2. The van der Waals surface area contributed by atoms with E-state index in [4.69, 9.17) is 25.3 Å². The number of amides is 1. The van der Waals surface area contributed by atoms with Crippen LogP contribution in [0.15, 0.2) is 30.3 Å². The van der Waals surface area contributed by atoms with Crippen molar-refractivity contribution < 1.29 is 14.3 Å². The number of carbonyl (C=O) groups excluding carboxylic acids is 1. The van der Waals surface area contributed by atoms with Crippen molar-refractivity contribution in [2.45, 2.75) is 13.0 Å². The molecule has 1 atom stereocenters. The molecule has 2 aromatic heterocycles. The Morgan fingerprint density at radius 1 is 1.33 bits per heavy atom. The van der Waals surface area contributed by atoms with E-state index in [2.05, 4.69) is 47.9 Å². The van der Waals surface area contributed by atoms with Gasteiger partial charge in [0.2, 0.25) is 5.90 Å². The van der Waals surface area contributed by atoms with Gasteiger partial charge in [0.15, 0.2) is 0 Å². The van der Waals surface area contributed by atoms with Crippen LogP contribution in [0.5, 0.6) is 0 Å². The second kappa shape index (κ2) is 12.6. The molecule has 0 unspecified atom stereocenters. The number of fused-ring (bicyclic) bond motifs is 5. The lowest BCUT2D eigenvalue weighted by Crippen LogP contribution is -2.38. The number of aromatic nitrogens is 1. The SMILES string of the molecule is C[C@@H]1CNc2c(sc3ccc4nc(/C(=C/C(=N)C#CSI)C(=N)OCCN5CCOCC5)ccc4c23)C(=O)N1. The van der Waals surface area contributed by atoms with Gasteiger partial charge < -0.3 is 20.1 Å². The summed E-state index contributed by atoms with van der Waals surface area (Å²) in [4.78, 5) is 20.5. The molecule has 2 aliphatic rings. The molecule has 1 fully saturated rings. The highest BCUT2D eigenvalue weighted by atomic mass is 127. The van der Waals surface area contributed by atoms with Gasteiger partial charge in [0.1, 0.15) is 17.2 Å². The van der Waals surface area contributed by atoms with E-state index in [9.17, 15) is 4.79 Å². The van der Waals surface area contributed by atoms with E-state index in [-0.39, 0.29) is 23.6 Å². The van der Waals surface area contributed by atoms with Crippen molar-refractivity contribution in [1.29, 1.82) is 10.8 Å². The van der Waals surface area contributed by atoms with Gasteiger partial charge in [0, 0.05) is 68.9 Å². The minimum Gasteiger partial charge on any atom is -0.476 e. The second-order valence-electron chi connectivity index (χ2n) is 9.17. The summed E-state index contributed by atoms with van der Waals surface area (Å²) in [6.45, 7) is 6.74. The first-order valence-corrected chi connectivity index (χ1v) is 16.6. The molecule has 0 aliphatic carbocycles. The van der Waals surface area contributed by atoms with E-state index in [1.165, 1.54) is 26.3 Å². The van der Waals surface area contributed by atoms with E-state index in [1.807, 2.05) is 31.2 Å². The number of morpholine rings is 1. The summed E-state index contributed by atoms with van der Waals surface area (Å²) in [5, 5.41) is 28.2. The van der Waals surface area contributed by atoms with Gasteiger partial charge in [-0.1, -0.05) is 0 Å². The Kier molecular flexibility index (Phi) is 9.03. The van der Waals surface area contributed by atoms with Gasteiger partial charge in [-0.15, -0.1) is 11.3 Å². The molecule has 4 N–H and O–H groups in total. The maximum absolute atomic E-state index is 12.8. The number of allylic oxidation sites excluding steroid dienone is 1. The van der Waals surface area contributed by atoms with Crippen molar-refractivity contribution in [2.75, 3.05) is 51.3 Å². The molecule has 9 nitrogen and oxygen atoms in total. The third kappa shape index (κ3) is 6.38. The number of halogens is 1. The van der Waals surface area contributed by atoms with Crippen LogP contribution in [0.1, 0.15) is 22.3 Å². The number of carbonyl (C=O) groups is 1. The van der Waals surface area contributed by atoms with Crippen molar-refractivity contribution in [3.63, 3.8) is 0 Å². The van der Waals surface area contributed by atoms with Crippen molar-refractivity contribution in [2.24, 2.45) is 0 Å². The zero-order chi connectivity index (χ0) is 27.4. The van der Waals surface area contributed by atoms with Crippen LogP contribution in [0.3, 0.4) is 0 Å². The lowest BCUT2D eigenvalue weighted by Gasteiger charge is -2.26. The molecule has 0 bridgehead atoms. The molecule has 39 heavy (non-hydrogen) atoms. The lowest BCUT2D eigenvalue weighted by atomic mass is 10.0. The predicted octanol–water partition coefficient (Wildman–Crippen LogP) is 4.77. The third-order valence-electron chi connectivity index (χ3n) is 6.48. The van der Waals surface area contributed by atoms with Crippen molar-refractivity contribution >= 4 is 91.2 Å². The Labute approximate surface area is 246 Å². The average molecular weight is 675 g/mol. The third-order valence-corrected chi connectivity index (χ3v) is 8.48. The highest BCUT2D eigenvalue weighted by Gasteiger charge is 2.25. The monoisotopic (exact) mass is 674 g/mol. The molecule has 0 spiro atoms.